The molecule has 0 spiro atoms. The van der Waals surface area contributed by atoms with Crippen LogP contribution < -0.4 is 11.1 Å². The molecule has 308 valence electrons. The molecule has 0 amide bonds. The highest BCUT2D eigenvalue weighted by Gasteiger charge is 2.58. The number of aliphatic imine (C=N–C) groups is 1. The van der Waals surface area contributed by atoms with Gasteiger partial charge >= 0.3 is 7.82 Å². The minimum absolute atomic E-state index is 0.168. The summed E-state index contributed by atoms with van der Waals surface area (Å²) >= 11 is 0. The Morgan fingerprint density at radius 1 is 1.02 bits per heavy atom. The van der Waals surface area contributed by atoms with Crippen LogP contribution >= 0.6 is 7.82 Å². The smallest absolute Gasteiger partial charge is 0.387 e. The number of nitriles is 1. The lowest BCUT2D eigenvalue weighted by molar-refractivity contribution is -0.117. The molecule has 16 heteroatoms. The number of aromatic nitrogens is 1. The molecule has 1 saturated heterocycles. The lowest BCUT2D eigenvalue weighted by Crippen LogP contribution is -2.55. The highest BCUT2D eigenvalue weighted by molar-refractivity contribution is 7.47. The van der Waals surface area contributed by atoms with Crippen molar-refractivity contribution >= 4 is 25.8 Å². The Bertz CT molecular complexity index is 1470. The summed E-state index contributed by atoms with van der Waals surface area (Å²) in [4.78, 5) is 18.8. The SMILES string of the molecule is CCCCCCCCCCCCCCCCCCOC[C@H](COP(=O)(O)OC[C@H]1O[C@@](C)(C2CC=C3C(N)=NC=NN32)[C@H](O)[C@@H]1O)Nc1ccc(C#N)cn1. The maximum absolute atomic E-state index is 13.0. The number of unbranched alkanes of at least 4 members (excludes halogenated alkanes) is 15. The van der Waals surface area contributed by atoms with E-state index < -0.39 is 50.4 Å². The summed E-state index contributed by atoms with van der Waals surface area (Å²) in [6.07, 6.45) is 21.7. The highest BCUT2D eigenvalue weighted by Crippen LogP contribution is 2.46. The summed E-state index contributed by atoms with van der Waals surface area (Å²) in [5.41, 5.74) is 5.65. The van der Waals surface area contributed by atoms with Crippen LogP contribution in [0.1, 0.15) is 129 Å². The van der Waals surface area contributed by atoms with Gasteiger partial charge in [-0.2, -0.15) is 10.4 Å². The lowest BCUT2D eigenvalue weighted by atomic mass is 9.87. The minimum Gasteiger partial charge on any atom is -0.387 e. The van der Waals surface area contributed by atoms with E-state index in [1.807, 2.05) is 12.1 Å². The summed E-state index contributed by atoms with van der Waals surface area (Å²) in [6.45, 7) is 3.81. The van der Waals surface area contributed by atoms with Crippen molar-refractivity contribution in [3.05, 3.63) is 35.7 Å². The summed E-state index contributed by atoms with van der Waals surface area (Å²) in [6, 6.07) is 4.19. The molecule has 7 atom stereocenters. The molecule has 0 saturated carbocycles. The van der Waals surface area contributed by atoms with Gasteiger partial charge in [-0.05, 0) is 31.9 Å². The van der Waals surface area contributed by atoms with Crippen LogP contribution in [0.4, 0.5) is 5.82 Å². The van der Waals surface area contributed by atoms with Crippen molar-refractivity contribution in [1.29, 1.82) is 5.26 Å². The van der Waals surface area contributed by atoms with Gasteiger partial charge in [-0.3, -0.25) is 14.1 Å². The number of aliphatic hydroxyl groups excluding tert-OH is 2. The van der Waals surface area contributed by atoms with Gasteiger partial charge in [0.2, 0.25) is 0 Å². The third kappa shape index (κ3) is 14.2. The first-order valence-electron chi connectivity index (χ1n) is 20.3. The molecule has 0 aliphatic carbocycles. The zero-order valence-electron chi connectivity index (χ0n) is 32.8. The second-order valence-electron chi connectivity index (χ2n) is 15.0. The summed E-state index contributed by atoms with van der Waals surface area (Å²) in [5.74, 6) is 0.722. The zero-order valence-corrected chi connectivity index (χ0v) is 33.7. The Morgan fingerprint density at radius 3 is 2.25 bits per heavy atom. The van der Waals surface area contributed by atoms with Crippen molar-refractivity contribution in [2.75, 3.05) is 31.7 Å². The van der Waals surface area contributed by atoms with Gasteiger partial charge in [0.1, 0.15) is 42.1 Å². The van der Waals surface area contributed by atoms with Gasteiger partial charge in [0.15, 0.2) is 5.84 Å². The number of aliphatic hydroxyl groups is 2. The number of phosphoric ester groups is 1. The van der Waals surface area contributed by atoms with Crippen molar-refractivity contribution in [3.8, 4) is 6.07 Å². The molecule has 2 unspecified atom stereocenters. The maximum Gasteiger partial charge on any atom is 0.472 e. The molecule has 4 rings (SSSR count). The van der Waals surface area contributed by atoms with Crippen molar-refractivity contribution in [1.82, 2.24) is 9.99 Å². The molecule has 3 aliphatic heterocycles. The van der Waals surface area contributed by atoms with Crippen molar-refractivity contribution < 1.29 is 38.2 Å². The van der Waals surface area contributed by atoms with E-state index in [9.17, 15) is 19.7 Å². The Hall–Kier alpha value is -2.93. The average molecular weight is 790 g/mol. The number of amidine groups is 1. The number of hydrazone groups is 1. The zero-order chi connectivity index (χ0) is 39.5. The van der Waals surface area contributed by atoms with E-state index in [4.69, 9.17) is 29.5 Å². The first-order valence-corrected chi connectivity index (χ1v) is 21.8. The minimum atomic E-state index is -4.65. The van der Waals surface area contributed by atoms with E-state index in [0.717, 1.165) is 19.3 Å². The second kappa shape index (κ2) is 23.3. The predicted octanol–water partition coefficient (Wildman–Crippen LogP) is 6.30. The van der Waals surface area contributed by atoms with Crippen LogP contribution in [0.25, 0.3) is 0 Å². The number of hydrogen-bond donors (Lipinski definition) is 5. The van der Waals surface area contributed by atoms with Gasteiger partial charge in [-0.25, -0.2) is 14.5 Å². The van der Waals surface area contributed by atoms with E-state index in [1.54, 1.807) is 24.1 Å². The molecule has 0 bridgehead atoms. The number of nitrogens with two attached hydrogens (primary N) is 1. The van der Waals surface area contributed by atoms with Crippen molar-refractivity contribution in [2.45, 2.75) is 159 Å². The maximum atomic E-state index is 13.0. The molecule has 15 nitrogen and oxygen atoms in total. The van der Waals surface area contributed by atoms with Crippen LogP contribution in [-0.4, -0.2) is 99.7 Å². The first kappa shape index (κ1) is 44.8. The molecule has 1 aromatic heterocycles. The van der Waals surface area contributed by atoms with Crippen LogP contribution in [0, 0.1) is 11.3 Å². The van der Waals surface area contributed by atoms with Crippen LogP contribution in [0.15, 0.2) is 40.2 Å². The molecule has 1 aromatic rings. The van der Waals surface area contributed by atoms with E-state index in [2.05, 4.69) is 27.3 Å². The van der Waals surface area contributed by atoms with E-state index in [0.29, 0.717) is 30.1 Å². The standard InChI is InChI=1S/C39H64N7O8P/c1-3-4-5-6-7-8-9-10-11-12-13-14-15-16-17-18-23-51-26-31(45-35-22-19-30(24-40)25-42-35)27-52-55(49,50)53-28-33-36(47)37(48)39(2,54-33)34-21-20-32-38(41)43-29-44-46(32)34/h19-20,22,25,29,31,33-34,36-37,47-48H,3-18,21,23,26-28H2,1-2H3,(H,42,45)(H,49,50)(H2,41,43,44)/t31-,33-,34?,36-,37-,39+/m1/s1. The average Bonchev–Trinajstić information content (AvgIpc) is 3.72. The van der Waals surface area contributed by atoms with Crippen LogP contribution in [0.5, 0.6) is 0 Å². The largest absolute Gasteiger partial charge is 0.472 e. The number of nitrogens with one attached hydrogen (secondary N) is 1. The van der Waals surface area contributed by atoms with E-state index >= 15 is 0 Å². The number of anilines is 1. The quantitative estimate of drug-likeness (QED) is 0.0466. The molecule has 3 aliphatic rings. The number of pyridine rings is 1. The molecule has 0 aromatic carbocycles. The normalized spacial score (nSPS) is 24.9. The number of rotatable bonds is 28. The topological polar surface area (TPSA) is 217 Å². The Balaban J connectivity index is 1.14. The second-order valence-corrected chi connectivity index (χ2v) is 16.5. The molecule has 55 heavy (non-hydrogen) atoms. The fourth-order valence-corrected chi connectivity index (χ4v) is 8.08. The lowest BCUT2D eigenvalue weighted by Gasteiger charge is -2.39. The van der Waals surface area contributed by atoms with Gasteiger partial charge < -0.3 is 35.6 Å². The van der Waals surface area contributed by atoms with Crippen molar-refractivity contribution in [2.24, 2.45) is 15.8 Å². The molecular formula is C39H64N7O8P. The van der Waals surface area contributed by atoms with Gasteiger partial charge in [-0.1, -0.05) is 109 Å². The summed E-state index contributed by atoms with van der Waals surface area (Å²) < 4.78 is 35.7. The van der Waals surface area contributed by atoms with Crippen LogP contribution in [0.2, 0.25) is 0 Å². The number of nitrogens with zero attached hydrogens (tertiary/aromatic N) is 5. The van der Waals surface area contributed by atoms with Gasteiger partial charge in [0.05, 0.1) is 43.2 Å². The number of phosphoric acid groups is 1. The number of hydrogen-bond acceptors (Lipinski definition) is 14. The van der Waals surface area contributed by atoms with Crippen LogP contribution in [-0.2, 0) is 23.1 Å². The Labute approximate surface area is 327 Å². The first-order chi connectivity index (χ1) is 26.6. The monoisotopic (exact) mass is 789 g/mol. The summed E-state index contributed by atoms with van der Waals surface area (Å²) in [5, 5.41) is 40.0. The summed E-state index contributed by atoms with van der Waals surface area (Å²) in [7, 11) is -4.65. The Kier molecular flexibility index (Phi) is 19.0. The predicted molar refractivity (Wildman–Crippen MR) is 212 cm³/mol. The van der Waals surface area contributed by atoms with Crippen molar-refractivity contribution in [3.63, 3.8) is 0 Å². The third-order valence-electron chi connectivity index (χ3n) is 10.6. The molecule has 0 radical (unpaired) electrons. The van der Waals surface area contributed by atoms with Crippen LogP contribution in [0.3, 0.4) is 0 Å². The number of ether oxygens (including phenoxy) is 2. The molecule has 4 heterocycles. The van der Waals surface area contributed by atoms with E-state index in [-0.39, 0.29) is 19.0 Å². The molecule has 6 N–H and O–H groups in total. The fraction of sp³-hybridized carbons (Fsp3) is 0.744. The van der Waals surface area contributed by atoms with Gasteiger partial charge in [0.25, 0.3) is 0 Å². The highest BCUT2D eigenvalue weighted by atomic mass is 31.2. The molecule has 1 fully saturated rings. The molecular weight excluding hydrogens is 725 g/mol. The fourth-order valence-electron chi connectivity index (χ4n) is 7.30. The van der Waals surface area contributed by atoms with Gasteiger partial charge in [-0.15, -0.1) is 0 Å². The van der Waals surface area contributed by atoms with Gasteiger partial charge in [0, 0.05) is 12.8 Å². The van der Waals surface area contributed by atoms with E-state index in [1.165, 1.54) is 96.0 Å². The number of fused-ring (bicyclic) bond motifs is 1. The Morgan fingerprint density at radius 2 is 1.65 bits per heavy atom. The third-order valence-corrected chi connectivity index (χ3v) is 11.6.